The van der Waals surface area contributed by atoms with Crippen LogP contribution in [0.15, 0.2) is 57.9 Å². The van der Waals surface area contributed by atoms with Gasteiger partial charge in [0.05, 0.1) is 33.9 Å². The summed E-state index contributed by atoms with van der Waals surface area (Å²) in [5.74, 6) is -2.57. The Kier molecular flexibility index (Phi) is 7.74. The Labute approximate surface area is 227 Å². The summed E-state index contributed by atoms with van der Waals surface area (Å²) in [7, 11) is 1.21. The van der Waals surface area contributed by atoms with Crippen molar-refractivity contribution in [1.29, 1.82) is 0 Å². The molecule has 9 nitrogen and oxygen atoms in total. The average Bonchev–Trinajstić information content (AvgIpc) is 3.43. The number of rotatable bonds is 7. The number of nitrogens with zero attached hydrogens (tertiary/aromatic N) is 1. The Bertz CT molecular complexity index is 1530. The van der Waals surface area contributed by atoms with E-state index in [0.717, 1.165) is 12.1 Å². The number of imide groups is 1. The van der Waals surface area contributed by atoms with Crippen LogP contribution < -0.4 is 10.1 Å². The number of carboxylic acids is 1. The zero-order valence-electron chi connectivity index (χ0n) is 19.7. The lowest BCUT2D eigenvalue weighted by Crippen LogP contribution is -2.36. The van der Waals surface area contributed by atoms with Gasteiger partial charge < -0.3 is 19.6 Å². The Morgan fingerprint density at radius 1 is 1.15 bits per heavy atom. The van der Waals surface area contributed by atoms with Crippen LogP contribution in [0, 0.1) is 0 Å². The van der Waals surface area contributed by atoms with Crippen molar-refractivity contribution in [2.45, 2.75) is 6.18 Å². The smallest absolute Gasteiger partial charge is 0.416 e. The van der Waals surface area contributed by atoms with Gasteiger partial charge >= 0.3 is 12.1 Å². The molecular weight excluding hydrogens is 565 g/mol. The van der Waals surface area contributed by atoms with E-state index in [4.69, 9.17) is 20.8 Å². The van der Waals surface area contributed by atoms with Gasteiger partial charge in [-0.15, -0.1) is 0 Å². The fourth-order valence-electron chi connectivity index (χ4n) is 3.51. The van der Waals surface area contributed by atoms with Gasteiger partial charge in [0.25, 0.3) is 11.1 Å². The molecule has 2 heterocycles. The van der Waals surface area contributed by atoms with Crippen LogP contribution in [0.2, 0.25) is 5.02 Å². The number of hydrogen-bond donors (Lipinski definition) is 2. The number of alkyl halides is 3. The number of methoxy groups -OCH3 is 1. The van der Waals surface area contributed by atoms with E-state index < -0.39 is 41.3 Å². The molecule has 0 spiro atoms. The number of ether oxygens (including phenoxy) is 1. The van der Waals surface area contributed by atoms with Crippen LogP contribution in [0.4, 0.5) is 23.7 Å². The van der Waals surface area contributed by atoms with E-state index in [0.29, 0.717) is 28.3 Å². The van der Waals surface area contributed by atoms with Gasteiger partial charge in [0.15, 0.2) is 0 Å². The van der Waals surface area contributed by atoms with Crippen LogP contribution in [-0.2, 0) is 15.8 Å². The average molecular weight is 581 g/mol. The normalized spacial score (nSPS) is 14.7. The summed E-state index contributed by atoms with van der Waals surface area (Å²) in [6.45, 7) is -0.756. The number of aromatic carboxylic acids is 1. The minimum Gasteiger partial charge on any atom is -0.495 e. The molecule has 1 aromatic heterocycles. The Morgan fingerprint density at radius 2 is 1.90 bits per heavy atom. The quantitative estimate of drug-likeness (QED) is 0.326. The third-order valence-corrected chi connectivity index (χ3v) is 6.59. The first-order valence-electron chi connectivity index (χ1n) is 10.8. The Morgan fingerprint density at radius 3 is 2.56 bits per heavy atom. The predicted molar refractivity (Wildman–Crippen MR) is 135 cm³/mol. The fraction of sp³-hybridized carbons (Fsp3) is 0.120. The molecule has 0 bridgehead atoms. The zero-order chi connectivity index (χ0) is 28.5. The highest BCUT2D eigenvalue weighted by atomic mass is 35.5. The molecule has 1 saturated heterocycles. The molecule has 0 radical (unpaired) electrons. The largest absolute Gasteiger partial charge is 0.495 e. The number of nitrogens with one attached hydrogen (secondary N) is 1. The van der Waals surface area contributed by atoms with Crippen molar-refractivity contribution in [3.05, 3.63) is 75.3 Å². The number of anilines is 1. The maximum Gasteiger partial charge on any atom is 0.416 e. The number of carbonyl (C=O) groups excluding carboxylic acids is 3. The number of benzene rings is 2. The number of halogens is 4. The van der Waals surface area contributed by atoms with Crippen LogP contribution in [0.3, 0.4) is 0 Å². The first-order chi connectivity index (χ1) is 18.4. The number of carbonyl (C=O) groups is 4. The van der Waals surface area contributed by atoms with Crippen LogP contribution in [-0.4, -0.2) is 46.7 Å². The van der Waals surface area contributed by atoms with E-state index >= 15 is 0 Å². The maximum atomic E-state index is 13.1. The molecule has 0 atom stereocenters. The van der Waals surface area contributed by atoms with Crippen LogP contribution >= 0.6 is 23.4 Å². The summed E-state index contributed by atoms with van der Waals surface area (Å²) in [6.07, 6.45) is -3.39. The highest BCUT2D eigenvalue weighted by Gasteiger charge is 2.37. The van der Waals surface area contributed by atoms with Gasteiger partial charge in [-0.25, -0.2) is 4.79 Å². The summed E-state index contributed by atoms with van der Waals surface area (Å²) in [5, 5.41) is 10.8. The van der Waals surface area contributed by atoms with Gasteiger partial charge in [-0.05, 0) is 60.3 Å². The molecule has 1 fully saturated rings. The molecule has 2 N–H and O–H groups in total. The molecule has 14 heteroatoms. The monoisotopic (exact) mass is 580 g/mol. The van der Waals surface area contributed by atoms with Gasteiger partial charge in [-0.3, -0.25) is 19.3 Å². The fourth-order valence-corrected chi connectivity index (χ4v) is 4.53. The summed E-state index contributed by atoms with van der Waals surface area (Å²) >= 11 is 6.43. The second kappa shape index (κ2) is 10.9. The molecule has 1 aliphatic heterocycles. The van der Waals surface area contributed by atoms with Crippen molar-refractivity contribution in [2.75, 3.05) is 19.0 Å². The van der Waals surface area contributed by atoms with Crippen LogP contribution in [0.25, 0.3) is 17.4 Å². The molecule has 2 aromatic carbocycles. The van der Waals surface area contributed by atoms with Crippen molar-refractivity contribution in [1.82, 2.24) is 4.90 Å². The second-order valence-corrected chi connectivity index (χ2v) is 9.33. The van der Waals surface area contributed by atoms with Crippen molar-refractivity contribution in [3.63, 3.8) is 0 Å². The molecule has 1 aliphatic rings. The van der Waals surface area contributed by atoms with E-state index in [1.807, 2.05) is 0 Å². The summed E-state index contributed by atoms with van der Waals surface area (Å²) in [4.78, 5) is 49.6. The van der Waals surface area contributed by atoms with Gasteiger partial charge in [0.1, 0.15) is 23.8 Å². The number of amides is 3. The molecule has 0 saturated carbocycles. The minimum absolute atomic E-state index is 0.0437. The van der Waals surface area contributed by atoms with Crippen LogP contribution in [0.5, 0.6) is 5.75 Å². The number of carboxylic acid groups (broad SMARTS) is 1. The van der Waals surface area contributed by atoms with E-state index in [1.54, 1.807) is 6.07 Å². The Hall–Kier alpha value is -4.23. The van der Waals surface area contributed by atoms with Crippen molar-refractivity contribution in [2.24, 2.45) is 0 Å². The van der Waals surface area contributed by atoms with Crippen LogP contribution in [0.1, 0.15) is 21.7 Å². The van der Waals surface area contributed by atoms with E-state index in [1.165, 1.54) is 37.5 Å². The third kappa shape index (κ3) is 6.10. The standard InChI is InChI=1S/C25H16ClF3N2O7S/c1-37-19-6-3-13(25(27,28)29)9-17(19)30-21(32)11-31-22(33)20(39-24(31)36)10-14-4-7-18(38-14)12-2-5-16(26)15(8-12)23(34)35/h2-10H,11H2,1H3,(H,30,32)(H,34,35)/b20-10-. The number of hydrogen-bond acceptors (Lipinski definition) is 7. The molecule has 202 valence electrons. The van der Waals surface area contributed by atoms with Gasteiger partial charge in [0.2, 0.25) is 5.91 Å². The lowest BCUT2D eigenvalue weighted by Gasteiger charge is -2.16. The maximum absolute atomic E-state index is 13.1. The second-order valence-electron chi connectivity index (χ2n) is 7.93. The summed E-state index contributed by atoms with van der Waals surface area (Å²) in [5.41, 5.74) is -1.03. The van der Waals surface area contributed by atoms with E-state index in [2.05, 4.69) is 5.32 Å². The molecule has 3 amide bonds. The summed E-state index contributed by atoms with van der Waals surface area (Å²) in [6, 6.07) is 9.78. The minimum atomic E-state index is -4.67. The first kappa shape index (κ1) is 27.8. The Balaban J connectivity index is 1.48. The molecule has 4 rings (SSSR count). The van der Waals surface area contributed by atoms with Crippen molar-refractivity contribution < 1.29 is 46.6 Å². The highest BCUT2D eigenvalue weighted by Crippen LogP contribution is 2.36. The topological polar surface area (TPSA) is 126 Å². The lowest BCUT2D eigenvalue weighted by atomic mass is 10.1. The molecule has 39 heavy (non-hydrogen) atoms. The first-order valence-corrected chi connectivity index (χ1v) is 12.0. The van der Waals surface area contributed by atoms with Gasteiger partial charge in [-0.2, -0.15) is 13.2 Å². The van der Waals surface area contributed by atoms with Gasteiger partial charge in [0, 0.05) is 11.6 Å². The molecule has 0 aliphatic carbocycles. The SMILES string of the molecule is COc1ccc(C(F)(F)F)cc1NC(=O)CN1C(=O)S/C(=C\c2ccc(-c3ccc(Cl)c(C(=O)O)c3)o2)C1=O. The highest BCUT2D eigenvalue weighted by molar-refractivity contribution is 8.18. The summed E-state index contributed by atoms with van der Waals surface area (Å²) < 4.78 is 49.8. The number of thioether (sulfide) groups is 1. The number of furan rings is 1. The van der Waals surface area contributed by atoms with Crippen molar-refractivity contribution in [3.8, 4) is 17.1 Å². The van der Waals surface area contributed by atoms with Gasteiger partial charge in [-0.1, -0.05) is 11.6 Å². The lowest BCUT2D eigenvalue weighted by molar-refractivity contribution is -0.137. The van der Waals surface area contributed by atoms with E-state index in [-0.39, 0.29) is 38.4 Å². The molecule has 3 aromatic rings. The zero-order valence-corrected chi connectivity index (χ0v) is 21.2. The predicted octanol–water partition coefficient (Wildman–Crippen LogP) is 6.00. The van der Waals surface area contributed by atoms with E-state index in [9.17, 15) is 37.5 Å². The third-order valence-electron chi connectivity index (χ3n) is 5.36. The van der Waals surface area contributed by atoms with Crippen molar-refractivity contribution >= 4 is 58.1 Å². The molecule has 0 unspecified atom stereocenters. The molecular formula is C25H16ClF3N2O7S.